The first kappa shape index (κ1) is 16.8. The molecule has 0 aliphatic carbocycles. The number of carbonyl (C=O) groups is 1. The summed E-state index contributed by atoms with van der Waals surface area (Å²) in [5, 5.41) is 2.83. The predicted octanol–water partition coefficient (Wildman–Crippen LogP) is 3.33. The minimum atomic E-state index is -0.545. The monoisotopic (exact) mass is 340 g/mol. The number of rotatable bonds is 6. The van der Waals surface area contributed by atoms with Crippen LogP contribution < -0.4 is 15.8 Å². The molecular formula is C19H20N2O4. The molecule has 1 aromatic heterocycles. The Hall–Kier alpha value is -3.02. The highest BCUT2D eigenvalue weighted by molar-refractivity contribution is 5.92. The van der Waals surface area contributed by atoms with Crippen LogP contribution >= 0.6 is 0 Å². The SMILES string of the molecule is CCCOc1ccc(NC(=O)Cn2c(=O)oc3ccccc32)c(C)c1. The fraction of sp³-hybridized carbons (Fsp3) is 0.263. The third-order valence-corrected chi connectivity index (χ3v) is 3.82. The number of aromatic nitrogens is 1. The van der Waals surface area contributed by atoms with Crippen molar-refractivity contribution < 1.29 is 13.9 Å². The normalized spacial score (nSPS) is 10.8. The first-order valence-electron chi connectivity index (χ1n) is 8.20. The summed E-state index contributed by atoms with van der Waals surface area (Å²) in [5.41, 5.74) is 2.65. The Morgan fingerprint density at radius 1 is 1.24 bits per heavy atom. The molecule has 130 valence electrons. The first-order chi connectivity index (χ1) is 12.1. The van der Waals surface area contributed by atoms with Gasteiger partial charge in [0.25, 0.3) is 0 Å². The molecule has 3 aromatic rings. The summed E-state index contributed by atoms with van der Waals surface area (Å²) in [6.45, 7) is 4.49. The van der Waals surface area contributed by atoms with Crippen molar-refractivity contribution in [2.24, 2.45) is 0 Å². The van der Waals surface area contributed by atoms with Gasteiger partial charge in [-0.25, -0.2) is 4.79 Å². The van der Waals surface area contributed by atoms with E-state index in [9.17, 15) is 9.59 Å². The lowest BCUT2D eigenvalue weighted by atomic mass is 10.2. The van der Waals surface area contributed by atoms with Gasteiger partial charge in [-0.3, -0.25) is 9.36 Å². The van der Waals surface area contributed by atoms with Crippen molar-refractivity contribution in [3.05, 3.63) is 58.6 Å². The van der Waals surface area contributed by atoms with Crippen LogP contribution in [0.1, 0.15) is 18.9 Å². The van der Waals surface area contributed by atoms with Gasteiger partial charge in [-0.2, -0.15) is 0 Å². The Morgan fingerprint density at radius 2 is 2.04 bits per heavy atom. The second kappa shape index (κ2) is 7.25. The average molecular weight is 340 g/mol. The molecule has 0 saturated heterocycles. The Labute approximate surface area is 145 Å². The van der Waals surface area contributed by atoms with Gasteiger partial charge in [-0.1, -0.05) is 19.1 Å². The number of hydrogen-bond acceptors (Lipinski definition) is 4. The van der Waals surface area contributed by atoms with Crippen molar-refractivity contribution in [1.29, 1.82) is 0 Å². The molecule has 0 fully saturated rings. The van der Waals surface area contributed by atoms with Crippen molar-refractivity contribution >= 4 is 22.7 Å². The van der Waals surface area contributed by atoms with Crippen molar-refractivity contribution in [2.45, 2.75) is 26.8 Å². The minimum absolute atomic E-state index is 0.108. The van der Waals surface area contributed by atoms with E-state index < -0.39 is 5.76 Å². The second-order valence-electron chi connectivity index (χ2n) is 5.80. The summed E-state index contributed by atoms with van der Waals surface area (Å²) < 4.78 is 12.0. The van der Waals surface area contributed by atoms with Crippen LogP contribution in [0.25, 0.3) is 11.1 Å². The molecule has 0 bridgehead atoms. The molecule has 3 rings (SSSR count). The van der Waals surface area contributed by atoms with Crippen LogP contribution in [0.5, 0.6) is 5.75 Å². The molecule has 0 atom stereocenters. The van der Waals surface area contributed by atoms with Crippen molar-refractivity contribution in [3.63, 3.8) is 0 Å². The highest BCUT2D eigenvalue weighted by Gasteiger charge is 2.13. The lowest BCUT2D eigenvalue weighted by Gasteiger charge is -2.11. The van der Waals surface area contributed by atoms with Gasteiger partial charge in [0.1, 0.15) is 12.3 Å². The standard InChI is InChI=1S/C19H20N2O4/c1-3-10-24-14-8-9-15(13(2)11-14)20-18(22)12-21-16-6-4-5-7-17(16)25-19(21)23/h4-9,11H,3,10,12H2,1-2H3,(H,20,22). The fourth-order valence-electron chi connectivity index (χ4n) is 2.58. The molecule has 0 spiro atoms. The summed E-state index contributed by atoms with van der Waals surface area (Å²) in [5.74, 6) is -0.0650. The van der Waals surface area contributed by atoms with Gasteiger partial charge in [0.15, 0.2) is 5.58 Å². The molecule has 0 radical (unpaired) electrons. The van der Waals surface area contributed by atoms with Gasteiger partial charge in [0.2, 0.25) is 5.91 Å². The number of oxazole rings is 1. The van der Waals surface area contributed by atoms with Crippen molar-refractivity contribution in [1.82, 2.24) is 4.57 Å². The van der Waals surface area contributed by atoms with E-state index in [-0.39, 0.29) is 12.5 Å². The first-order valence-corrected chi connectivity index (χ1v) is 8.20. The summed E-state index contributed by atoms with van der Waals surface area (Å²) in [4.78, 5) is 24.3. The number of nitrogens with zero attached hydrogens (tertiary/aromatic N) is 1. The number of benzene rings is 2. The van der Waals surface area contributed by atoms with E-state index in [2.05, 4.69) is 5.32 Å². The fourth-order valence-corrected chi connectivity index (χ4v) is 2.58. The topological polar surface area (TPSA) is 73.5 Å². The average Bonchev–Trinajstić information content (AvgIpc) is 2.91. The number of aryl methyl sites for hydroxylation is 1. The largest absolute Gasteiger partial charge is 0.494 e. The van der Waals surface area contributed by atoms with Crippen LogP contribution in [0.15, 0.2) is 51.7 Å². The van der Waals surface area contributed by atoms with Crippen LogP contribution in [-0.2, 0) is 11.3 Å². The van der Waals surface area contributed by atoms with E-state index in [0.717, 1.165) is 17.7 Å². The number of anilines is 1. The zero-order valence-corrected chi connectivity index (χ0v) is 14.2. The minimum Gasteiger partial charge on any atom is -0.494 e. The van der Waals surface area contributed by atoms with Gasteiger partial charge in [-0.05, 0) is 49.2 Å². The van der Waals surface area contributed by atoms with E-state index in [4.69, 9.17) is 9.15 Å². The van der Waals surface area contributed by atoms with Crippen LogP contribution in [0.4, 0.5) is 5.69 Å². The number of carbonyl (C=O) groups excluding carboxylic acids is 1. The number of ether oxygens (including phenoxy) is 1. The second-order valence-corrected chi connectivity index (χ2v) is 5.80. The van der Waals surface area contributed by atoms with E-state index in [0.29, 0.717) is 23.4 Å². The lowest BCUT2D eigenvalue weighted by Crippen LogP contribution is -2.25. The van der Waals surface area contributed by atoms with E-state index in [1.165, 1.54) is 4.57 Å². The van der Waals surface area contributed by atoms with Crippen LogP contribution in [0, 0.1) is 6.92 Å². The molecule has 0 unspecified atom stereocenters. The molecule has 6 nitrogen and oxygen atoms in total. The van der Waals surface area contributed by atoms with Crippen LogP contribution in [0.3, 0.4) is 0 Å². The van der Waals surface area contributed by atoms with Gasteiger partial charge >= 0.3 is 5.76 Å². The molecule has 2 aromatic carbocycles. The van der Waals surface area contributed by atoms with Crippen molar-refractivity contribution in [3.8, 4) is 5.75 Å². The Bertz CT molecular complexity index is 955. The van der Waals surface area contributed by atoms with Gasteiger partial charge < -0.3 is 14.5 Å². The highest BCUT2D eigenvalue weighted by atomic mass is 16.5. The van der Waals surface area contributed by atoms with Crippen LogP contribution in [0.2, 0.25) is 0 Å². The summed E-state index contributed by atoms with van der Waals surface area (Å²) in [6, 6.07) is 12.5. The van der Waals surface area contributed by atoms with E-state index >= 15 is 0 Å². The lowest BCUT2D eigenvalue weighted by molar-refractivity contribution is -0.116. The molecule has 1 N–H and O–H groups in total. The third-order valence-electron chi connectivity index (χ3n) is 3.82. The maximum Gasteiger partial charge on any atom is 0.420 e. The smallest absolute Gasteiger partial charge is 0.420 e. The zero-order valence-electron chi connectivity index (χ0n) is 14.2. The molecule has 25 heavy (non-hydrogen) atoms. The molecule has 1 amide bonds. The number of hydrogen-bond donors (Lipinski definition) is 1. The quantitative estimate of drug-likeness (QED) is 0.747. The van der Waals surface area contributed by atoms with Crippen LogP contribution in [-0.4, -0.2) is 17.1 Å². The van der Waals surface area contributed by atoms with E-state index in [1.54, 1.807) is 30.3 Å². The summed E-state index contributed by atoms with van der Waals surface area (Å²) in [6.07, 6.45) is 0.935. The Kier molecular flexibility index (Phi) is 4.88. The summed E-state index contributed by atoms with van der Waals surface area (Å²) >= 11 is 0. The molecule has 6 heteroatoms. The molecule has 0 aliphatic heterocycles. The highest BCUT2D eigenvalue weighted by Crippen LogP contribution is 2.21. The maximum atomic E-state index is 12.3. The molecule has 0 saturated carbocycles. The number of nitrogens with one attached hydrogen (secondary N) is 1. The molecule has 1 heterocycles. The van der Waals surface area contributed by atoms with Crippen molar-refractivity contribution in [2.75, 3.05) is 11.9 Å². The predicted molar refractivity (Wildman–Crippen MR) is 96.1 cm³/mol. The van der Waals surface area contributed by atoms with Gasteiger partial charge in [0.05, 0.1) is 12.1 Å². The third kappa shape index (κ3) is 3.74. The number of amides is 1. The maximum absolute atomic E-state index is 12.3. The molecule has 0 aliphatic rings. The van der Waals surface area contributed by atoms with E-state index in [1.807, 2.05) is 26.0 Å². The Morgan fingerprint density at radius 3 is 2.80 bits per heavy atom. The number of fused-ring (bicyclic) bond motifs is 1. The Balaban J connectivity index is 1.74. The summed E-state index contributed by atoms with van der Waals surface area (Å²) in [7, 11) is 0. The molecular weight excluding hydrogens is 320 g/mol. The van der Waals surface area contributed by atoms with Gasteiger partial charge in [-0.15, -0.1) is 0 Å². The zero-order chi connectivity index (χ0) is 17.8. The number of para-hydroxylation sites is 2. The van der Waals surface area contributed by atoms with Gasteiger partial charge in [0, 0.05) is 5.69 Å².